The molecule has 0 aromatic heterocycles. The van der Waals surface area contributed by atoms with E-state index < -0.39 is 33.2 Å². The highest BCUT2D eigenvalue weighted by atomic mass is 32.2. The van der Waals surface area contributed by atoms with Crippen molar-refractivity contribution in [3.8, 4) is 16.9 Å². The number of benzene rings is 3. The zero-order valence-corrected chi connectivity index (χ0v) is 25.7. The van der Waals surface area contributed by atoms with Crippen molar-refractivity contribution >= 4 is 21.6 Å². The van der Waals surface area contributed by atoms with E-state index in [0.29, 0.717) is 49.4 Å². The number of carbonyl (C=O) groups is 1. The van der Waals surface area contributed by atoms with Crippen LogP contribution in [-0.4, -0.2) is 53.8 Å². The number of hydrogen-bond acceptors (Lipinski definition) is 6. The van der Waals surface area contributed by atoms with Crippen LogP contribution in [0.2, 0.25) is 0 Å². The number of nitrogens with one attached hydrogen (secondary N) is 3. The lowest BCUT2D eigenvalue weighted by atomic mass is 9.92. The standard InChI is InChI=1S/C31H38F3N3O5S/c1-30(2,3)37-43(39,40)28-15-12-22(20-27(28)42-5)29(38)36-23-13-14-24(21(19-23)9-8-16-35-17-18-41-4)25-10-6-7-11-26(25)31(32,33)34/h6-7,10-15,19-20,35,37H,8-9,16-18H2,1-5H3,(H,36,38). The van der Waals surface area contributed by atoms with E-state index in [-0.39, 0.29) is 21.8 Å². The van der Waals surface area contributed by atoms with Gasteiger partial charge in [0.05, 0.1) is 19.3 Å². The van der Waals surface area contributed by atoms with Gasteiger partial charge in [-0.2, -0.15) is 13.2 Å². The second kappa shape index (κ2) is 14.3. The summed E-state index contributed by atoms with van der Waals surface area (Å²) in [6.07, 6.45) is -3.45. The fraction of sp³-hybridized carbons (Fsp3) is 0.387. The smallest absolute Gasteiger partial charge is 0.417 e. The van der Waals surface area contributed by atoms with Crippen LogP contribution in [0.3, 0.4) is 0 Å². The molecule has 0 aliphatic heterocycles. The second-order valence-corrected chi connectivity index (χ2v) is 12.6. The topological polar surface area (TPSA) is 106 Å². The Morgan fingerprint density at radius 3 is 2.28 bits per heavy atom. The number of ether oxygens (including phenoxy) is 2. The summed E-state index contributed by atoms with van der Waals surface area (Å²) in [5.74, 6) is -0.549. The first-order valence-electron chi connectivity index (χ1n) is 13.7. The minimum atomic E-state index is -4.54. The maximum atomic E-state index is 13.8. The lowest BCUT2D eigenvalue weighted by Gasteiger charge is -2.21. The van der Waals surface area contributed by atoms with Crippen LogP contribution < -0.4 is 20.1 Å². The van der Waals surface area contributed by atoms with Gasteiger partial charge >= 0.3 is 6.18 Å². The monoisotopic (exact) mass is 621 g/mol. The molecule has 43 heavy (non-hydrogen) atoms. The number of rotatable bonds is 13. The zero-order valence-electron chi connectivity index (χ0n) is 24.9. The van der Waals surface area contributed by atoms with Crippen molar-refractivity contribution in [2.45, 2.75) is 50.2 Å². The summed E-state index contributed by atoms with van der Waals surface area (Å²) in [6, 6.07) is 14.2. The summed E-state index contributed by atoms with van der Waals surface area (Å²) in [7, 11) is -1.02. The van der Waals surface area contributed by atoms with Crippen molar-refractivity contribution in [1.29, 1.82) is 0 Å². The predicted molar refractivity (Wildman–Crippen MR) is 161 cm³/mol. The predicted octanol–water partition coefficient (Wildman–Crippen LogP) is 5.88. The number of methoxy groups -OCH3 is 2. The fourth-order valence-corrected chi connectivity index (χ4v) is 6.07. The largest absolute Gasteiger partial charge is 0.495 e. The summed E-state index contributed by atoms with van der Waals surface area (Å²) in [4.78, 5) is 13.1. The van der Waals surface area contributed by atoms with Crippen molar-refractivity contribution in [3.05, 3.63) is 77.4 Å². The number of hydrogen-bond donors (Lipinski definition) is 3. The number of amides is 1. The molecule has 12 heteroatoms. The van der Waals surface area contributed by atoms with Gasteiger partial charge in [0, 0.05) is 30.4 Å². The van der Waals surface area contributed by atoms with E-state index in [4.69, 9.17) is 9.47 Å². The molecule has 0 saturated carbocycles. The average molecular weight is 622 g/mol. The van der Waals surface area contributed by atoms with Crippen LogP contribution in [0.1, 0.15) is 48.7 Å². The number of anilines is 1. The van der Waals surface area contributed by atoms with E-state index in [1.54, 1.807) is 52.1 Å². The fourth-order valence-electron chi connectivity index (χ4n) is 4.50. The van der Waals surface area contributed by atoms with Gasteiger partial charge in [-0.3, -0.25) is 4.79 Å². The molecule has 0 saturated heterocycles. The summed E-state index contributed by atoms with van der Waals surface area (Å²) in [5, 5.41) is 6.00. The van der Waals surface area contributed by atoms with Crippen LogP contribution in [-0.2, 0) is 27.4 Å². The van der Waals surface area contributed by atoms with Crippen LogP contribution in [0.5, 0.6) is 5.75 Å². The maximum absolute atomic E-state index is 13.8. The van der Waals surface area contributed by atoms with Gasteiger partial charge < -0.3 is 20.1 Å². The Morgan fingerprint density at radius 2 is 1.63 bits per heavy atom. The van der Waals surface area contributed by atoms with Gasteiger partial charge in [-0.1, -0.05) is 24.3 Å². The van der Waals surface area contributed by atoms with Crippen molar-refractivity contribution in [2.24, 2.45) is 0 Å². The number of aryl methyl sites for hydroxylation is 1. The minimum Gasteiger partial charge on any atom is -0.495 e. The van der Waals surface area contributed by atoms with Gasteiger partial charge in [0.2, 0.25) is 10.0 Å². The van der Waals surface area contributed by atoms with E-state index in [1.165, 1.54) is 37.4 Å². The van der Waals surface area contributed by atoms with E-state index >= 15 is 0 Å². The molecule has 0 radical (unpaired) electrons. The molecule has 0 aliphatic carbocycles. The average Bonchev–Trinajstić information content (AvgIpc) is 2.93. The van der Waals surface area contributed by atoms with Crippen LogP contribution >= 0.6 is 0 Å². The van der Waals surface area contributed by atoms with Crippen molar-refractivity contribution < 1.29 is 35.9 Å². The highest BCUT2D eigenvalue weighted by Crippen LogP contribution is 2.39. The van der Waals surface area contributed by atoms with Gasteiger partial charge in [-0.05, 0) is 93.2 Å². The molecule has 3 rings (SSSR count). The molecule has 0 unspecified atom stereocenters. The number of sulfonamides is 1. The Bertz CT molecular complexity index is 1520. The lowest BCUT2D eigenvalue weighted by Crippen LogP contribution is -2.40. The van der Waals surface area contributed by atoms with E-state index in [0.717, 1.165) is 6.07 Å². The first-order chi connectivity index (χ1) is 20.2. The third-order valence-electron chi connectivity index (χ3n) is 6.32. The second-order valence-electron chi connectivity index (χ2n) is 10.9. The molecule has 0 fully saturated rings. The lowest BCUT2D eigenvalue weighted by molar-refractivity contribution is -0.137. The summed E-state index contributed by atoms with van der Waals surface area (Å²) in [5.41, 5.74) is 0.160. The molecule has 3 aromatic rings. The van der Waals surface area contributed by atoms with Crippen LogP contribution in [0.25, 0.3) is 11.1 Å². The number of carbonyl (C=O) groups excluding carboxylic acids is 1. The summed E-state index contributed by atoms with van der Waals surface area (Å²) in [6.45, 7) is 6.93. The summed E-state index contributed by atoms with van der Waals surface area (Å²) >= 11 is 0. The van der Waals surface area contributed by atoms with Gasteiger partial charge in [0.1, 0.15) is 10.6 Å². The molecular weight excluding hydrogens is 583 g/mol. The molecule has 0 atom stereocenters. The Labute approximate surface area is 251 Å². The Hall–Kier alpha value is -3.45. The molecule has 8 nitrogen and oxygen atoms in total. The Morgan fingerprint density at radius 1 is 0.907 bits per heavy atom. The summed E-state index contributed by atoms with van der Waals surface area (Å²) < 4.78 is 80.1. The molecule has 0 spiro atoms. The van der Waals surface area contributed by atoms with E-state index in [1.807, 2.05) is 0 Å². The van der Waals surface area contributed by atoms with Crippen LogP contribution in [0.15, 0.2) is 65.6 Å². The molecule has 0 bridgehead atoms. The molecule has 3 N–H and O–H groups in total. The molecule has 3 aromatic carbocycles. The van der Waals surface area contributed by atoms with Gasteiger partial charge in [0.15, 0.2) is 0 Å². The highest BCUT2D eigenvalue weighted by molar-refractivity contribution is 7.89. The van der Waals surface area contributed by atoms with Crippen LogP contribution in [0, 0.1) is 0 Å². The van der Waals surface area contributed by atoms with Crippen molar-refractivity contribution in [3.63, 3.8) is 0 Å². The molecular formula is C31H38F3N3O5S. The van der Waals surface area contributed by atoms with Gasteiger partial charge in [-0.15, -0.1) is 0 Å². The normalized spacial score (nSPS) is 12.3. The number of alkyl halides is 3. The first kappa shape index (κ1) is 34.0. The molecule has 1 amide bonds. The van der Waals surface area contributed by atoms with Gasteiger partial charge in [-0.25, -0.2) is 13.1 Å². The minimum absolute atomic E-state index is 0.00910. The first-order valence-corrected chi connectivity index (χ1v) is 15.2. The zero-order chi connectivity index (χ0) is 31.8. The van der Waals surface area contributed by atoms with Crippen molar-refractivity contribution in [2.75, 3.05) is 39.2 Å². The van der Waals surface area contributed by atoms with Crippen molar-refractivity contribution in [1.82, 2.24) is 10.0 Å². The Kier molecular flexibility index (Phi) is 11.4. The molecule has 234 valence electrons. The number of halogens is 3. The van der Waals surface area contributed by atoms with Crippen LogP contribution in [0.4, 0.5) is 18.9 Å². The molecule has 0 aliphatic rings. The Balaban J connectivity index is 1.92. The molecule has 0 heterocycles. The van der Waals surface area contributed by atoms with E-state index in [9.17, 15) is 26.4 Å². The SMILES string of the molecule is COCCNCCCc1cc(NC(=O)c2ccc(S(=O)(=O)NC(C)(C)C)c(OC)c2)ccc1-c1ccccc1C(F)(F)F. The van der Waals surface area contributed by atoms with Gasteiger partial charge in [0.25, 0.3) is 5.91 Å². The third-order valence-corrected chi connectivity index (χ3v) is 8.12. The highest BCUT2D eigenvalue weighted by Gasteiger charge is 2.34. The third kappa shape index (κ3) is 9.52. The maximum Gasteiger partial charge on any atom is 0.417 e. The quantitative estimate of drug-likeness (QED) is 0.206. The van der Waals surface area contributed by atoms with E-state index in [2.05, 4.69) is 15.4 Å².